The predicted molar refractivity (Wildman–Crippen MR) is 153 cm³/mol. The summed E-state index contributed by atoms with van der Waals surface area (Å²) in [5.41, 5.74) is 4.70. The third-order valence-electron chi connectivity index (χ3n) is 8.10. The number of carbonyl (C=O) groups is 2. The molecule has 5 nitrogen and oxygen atoms in total. The van der Waals surface area contributed by atoms with E-state index in [0.717, 1.165) is 65.3 Å². The van der Waals surface area contributed by atoms with Crippen molar-refractivity contribution in [3.8, 4) is 11.3 Å². The Hall–Kier alpha value is -4.12. The normalized spacial score (nSPS) is 15.7. The zero-order valence-electron chi connectivity index (χ0n) is 22.1. The molecule has 0 unspecified atom stereocenters. The molecule has 0 spiro atoms. The number of furan rings is 1. The van der Waals surface area contributed by atoms with Gasteiger partial charge in [0.05, 0.1) is 5.92 Å². The molecule has 4 aromatic rings. The largest absolute Gasteiger partial charge is 0.461 e. The standard InChI is InChI=1S/C34H34N2O3/c37-33(32(25-10-4-1-5-11-25)26-12-6-2-7-13-26)35-29-18-16-24(17-19-29)31-22-28-23-36(21-20-30(28)39-31)34(38)27-14-8-3-9-15-27/h1-2,4-7,10-13,16-19,22,27,32H,3,8-9,14-15,20-21,23H2,(H,35,37). The lowest BCUT2D eigenvalue weighted by Gasteiger charge is -2.31. The van der Waals surface area contributed by atoms with Crippen LogP contribution in [0.5, 0.6) is 0 Å². The molecule has 39 heavy (non-hydrogen) atoms. The molecule has 1 fully saturated rings. The molecule has 0 radical (unpaired) electrons. The van der Waals surface area contributed by atoms with E-state index in [1.54, 1.807) is 0 Å². The van der Waals surface area contributed by atoms with Crippen LogP contribution in [0.2, 0.25) is 0 Å². The van der Waals surface area contributed by atoms with Crippen LogP contribution in [0.15, 0.2) is 95.4 Å². The van der Waals surface area contributed by atoms with Crippen molar-refractivity contribution in [1.29, 1.82) is 0 Å². The first-order valence-electron chi connectivity index (χ1n) is 14.1. The number of hydrogen-bond donors (Lipinski definition) is 1. The Morgan fingerprint density at radius 1 is 0.821 bits per heavy atom. The summed E-state index contributed by atoms with van der Waals surface area (Å²) in [6, 6.07) is 29.6. The van der Waals surface area contributed by atoms with Gasteiger partial charge in [0.25, 0.3) is 0 Å². The van der Waals surface area contributed by atoms with Gasteiger partial charge in [-0.15, -0.1) is 0 Å². The number of hydrogen-bond acceptors (Lipinski definition) is 3. The fourth-order valence-corrected chi connectivity index (χ4v) is 5.99. The lowest BCUT2D eigenvalue weighted by atomic mass is 9.88. The molecule has 1 aliphatic carbocycles. The third-order valence-corrected chi connectivity index (χ3v) is 8.10. The second-order valence-corrected chi connectivity index (χ2v) is 10.7. The molecule has 0 saturated heterocycles. The van der Waals surface area contributed by atoms with Crippen molar-refractivity contribution >= 4 is 17.5 Å². The number of amides is 2. The highest BCUT2D eigenvalue weighted by atomic mass is 16.3. The molecule has 6 rings (SSSR count). The quantitative estimate of drug-likeness (QED) is 0.294. The fourth-order valence-electron chi connectivity index (χ4n) is 5.99. The average Bonchev–Trinajstić information content (AvgIpc) is 3.42. The predicted octanol–water partition coefficient (Wildman–Crippen LogP) is 7.18. The van der Waals surface area contributed by atoms with Gasteiger partial charge in [-0.3, -0.25) is 9.59 Å². The van der Waals surface area contributed by atoms with Gasteiger partial charge in [-0.2, -0.15) is 0 Å². The number of nitrogens with zero attached hydrogens (tertiary/aromatic N) is 1. The van der Waals surface area contributed by atoms with Crippen LogP contribution in [0.3, 0.4) is 0 Å². The highest BCUT2D eigenvalue weighted by Gasteiger charge is 2.30. The summed E-state index contributed by atoms with van der Waals surface area (Å²) in [5, 5.41) is 3.10. The molecule has 1 aromatic heterocycles. The lowest BCUT2D eigenvalue weighted by Crippen LogP contribution is -2.40. The fraction of sp³-hybridized carbons (Fsp3) is 0.294. The van der Waals surface area contributed by atoms with Crippen LogP contribution in [-0.4, -0.2) is 23.3 Å². The van der Waals surface area contributed by atoms with E-state index in [9.17, 15) is 9.59 Å². The Bertz CT molecular complexity index is 1380. The maximum absolute atomic E-state index is 13.4. The van der Waals surface area contributed by atoms with Gasteiger partial charge in [-0.25, -0.2) is 0 Å². The van der Waals surface area contributed by atoms with Crippen LogP contribution < -0.4 is 5.32 Å². The van der Waals surface area contributed by atoms with Crippen molar-refractivity contribution in [2.45, 2.75) is 51.0 Å². The summed E-state index contributed by atoms with van der Waals surface area (Å²) in [6.07, 6.45) is 6.39. The van der Waals surface area contributed by atoms with Gasteiger partial charge in [0.15, 0.2) is 0 Å². The topological polar surface area (TPSA) is 62.6 Å². The van der Waals surface area contributed by atoms with Gasteiger partial charge in [0.1, 0.15) is 11.5 Å². The van der Waals surface area contributed by atoms with Crippen molar-refractivity contribution in [1.82, 2.24) is 4.90 Å². The van der Waals surface area contributed by atoms with Crippen molar-refractivity contribution in [3.05, 3.63) is 113 Å². The first-order chi connectivity index (χ1) is 19.2. The number of benzene rings is 3. The molecule has 2 aliphatic rings. The van der Waals surface area contributed by atoms with Crippen molar-refractivity contribution < 1.29 is 14.0 Å². The monoisotopic (exact) mass is 518 g/mol. The average molecular weight is 519 g/mol. The van der Waals surface area contributed by atoms with E-state index in [1.165, 1.54) is 19.3 Å². The van der Waals surface area contributed by atoms with Crippen LogP contribution in [-0.2, 0) is 22.6 Å². The summed E-state index contributed by atoms with van der Waals surface area (Å²) in [4.78, 5) is 28.5. The van der Waals surface area contributed by atoms with Crippen LogP contribution in [0.4, 0.5) is 5.69 Å². The zero-order valence-corrected chi connectivity index (χ0v) is 22.1. The molecule has 0 bridgehead atoms. The Balaban J connectivity index is 1.15. The minimum absolute atomic E-state index is 0.0728. The van der Waals surface area contributed by atoms with E-state index in [0.29, 0.717) is 12.5 Å². The molecule has 1 aliphatic heterocycles. The maximum Gasteiger partial charge on any atom is 0.236 e. The molecular formula is C34H34N2O3. The van der Waals surface area contributed by atoms with E-state index in [4.69, 9.17) is 4.42 Å². The first kappa shape index (κ1) is 25.2. The highest BCUT2D eigenvalue weighted by Crippen LogP contribution is 2.33. The first-order valence-corrected chi connectivity index (χ1v) is 14.1. The second kappa shape index (κ2) is 11.3. The third kappa shape index (κ3) is 5.53. The lowest BCUT2D eigenvalue weighted by molar-refractivity contribution is -0.137. The van der Waals surface area contributed by atoms with E-state index in [1.807, 2.05) is 89.8 Å². The molecular weight excluding hydrogens is 484 g/mol. The number of rotatable bonds is 6. The minimum atomic E-state index is -0.400. The van der Waals surface area contributed by atoms with Crippen molar-refractivity contribution in [2.75, 3.05) is 11.9 Å². The van der Waals surface area contributed by atoms with E-state index in [-0.39, 0.29) is 11.8 Å². The van der Waals surface area contributed by atoms with Gasteiger partial charge in [-0.05, 0) is 54.3 Å². The second-order valence-electron chi connectivity index (χ2n) is 10.7. The number of carbonyl (C=O) groups excluding carboxylic acids is 2. The Labute approximate surface area is 229 Å². The summed E-state index contributed by atoms with van der Waals surface area (Å²) in [6.45, 7) is 1.35. The maximum atomic E-state index is 13.4. The molecule has 0 atom stereocenters. The molecule has 2 heterocycles. The van der Waals surface area contributed by atoms with Gasteiger partial charge in [-0.1, -0.05) is 79.9 Å². The summed E-state index contributed by atoms with van der Waals surface area (Å²) in [7, 11) is 0. The van der Waals surface area contributed by atoms with Gasteiger partial charge in [0, 0.05) is 42.2 Å². The Morgan fingerprint density at radius 3 is 2.10 bits per heavy atom. The molecule has 1 N–H and O–H groups in total. The van der Waals surface area contributed by atoms with Crippen LogP contribution in [0.25, 0.3) is 11.3 Å². The Morgan fingerprint density at radius 2 is 1.46 bits per heavy atom. The molecule has 5 heteroatoms. The summed E-state index contributed by atoms with van der Waals surface area (Å²) < 4.78 is 6.22. The van der Waals surface area contributed by atoms with Crippen LogP contribution >= 0.6 is 0 Å². The van der Waals surface area contributed by atoms with Gasteiger partial charge < -0.3 is 14.6 Å². The number of anilines is 1. The smallest absolute Gasteiger partial charge is 0.236 e. The Kier molecular flexibility index (Phi) is 7.31. The van der Waals surface area contributed by atoms with E-state index >= 15 is 0 Å². The van der Waals surface area contributed by atoms with Crippen LogP contribution in [0.1, 0.15) is 60.5 Å². The van der Waals surface area contributed by atoms with Crippen molar-refractivity contribution in [2.24, 2.45) is 5.92 Å². The SMILES string of the molecule is O=C(Nc1ccc(-c2cc3c(o2)CCN(C(=O)C2CCCCC2)C3)cc1)C(c1ccccc1)c1ccccc1. The van der Waals surface area contributed by atoms with Gasteiger partial charge in [0.2, 0.25) is 11.8 Å². The minimum Gasteiger partial charge on any atom is -0.461 e. The van der Waals surface area contributed by atoms with E-state index in [2.05, 4.69) is 11.4 Å². The zero-order chi connectivity index (χ0) is 26.6. The molecule has 3 aromatic carbocycles. The number of fused-ring (bicyclic) bond motifs is 1. The summed E-state index contributed by atoms with van der Waals surface area (Å²) in [5.74, 6) is 1.81. The van der Waals surface area contributed by atoms with Crippen molar-refractivity contribution in [3.63, 3.8) is 0 Å². The molecule has 198 valence electrons. The van der Waals surface area contributed by atoms with Gasteiger partial charge >= 0.3 is 0 Å². The molecule has 2 amide bonds. The van der Waals surface area contributed by atoms with Crippen LogP contribution in [0, 0.1) is 5.92 Å². The summed E-state index contributed by atoms with van der Waals surface area (Å²) >= 11 is 0. The number of nitrogens with one attached hydrogen (secondary N) is 1. The van der Waals surface area contributed by atoms with E-state index < -0.39 is 5.92 Å². The highest BCUT2D eigenvalue weighted by molar-refractivity contribution is 5.98. The molecule has 1 saturated carbocycles.